The van der Waals surface area contributed by atoms with E-state index in [1.165, 1.54) is 21.2 Å². The van der Waals surface area contributed by atoms with Crippen molar-refractivity contribution < 1.29 is 9.59 Å². The SMILES string of the molecule is O=C1c2ccccc2C(=O)c2ccccc21.c1ccc2c(c1)Nc1ccccc1S2. The van der Waals surface area contributed by atoms with Crippen LogP contribution in [0.2, 0.25) is 0 Å². The average Bonchev–Trinajstić information content (AvgIpc) is 2.81. The fourth-order valence-corrected chi connectivity index (χ4v) is 4.62. The van der Waals surface area contributed by atoms with Gasteiger partial charge in [-0.15, -0.1) is 0 Å². The Morgan fingerprint density at radius 3 is 1.20 bits per heavy atom. The number of fused-ring (bicyclic) bond motifs is 4. The number of hydrogen-bond donors (Lipinski definition) is 1. The first kappa shape index (κ1) is 18.4. The first-order valence-corrected chi connectivity index (χ1v) is 10.4. The van der Waals surface area contributed by atoms with Crippen molar-refractivity contribution in [2.75, 3.05) is 5.32 Å². The van der Waals surface area contributed by atoms with E-state index in [1.807, 2.05) is 11.8 Å². The van der Waals surface area contributed by atoms with Crippen molar-refractivity contribution in [3.8, 4) is 0 Å². The molecule has 144 valence electrons. The largest absolute Gasteiger partial charge is 0.354 e. The van der Waals surface area contributed by atoms with Gasteiger partial charge in [-0.25, -0.2) is 0 Å². The summed E-state index contributed by atoms with van der Waals surface area (Å²) < 4.78 is 0. The molecule has 1 N–H and O–H groups in total. The van der Waals surface area contributed by atoms with Crippen LogP contribution in [0.15, 0.2) is 107 Å². The third-order valence-corrected chi connectivity index (χ3v) is 6.25. The van der Waals surface area contributed by atoms with Gasteiger partial charge in [-0.3, -0.25) is 9.59 Å². The predicted octanol–water partition coefficient (Wildman–Crippen LogP) is 6.36. The maximum absolute atomic E-state index is 12.1. The van der Waals surface area contributed by atoms with E-state index >= 15 is 0 Å². The standard InChI is InChI=1S/C14H8O2.C12H9NS/c15-13-9-5-1-2-6-10(9)14(16)12-8-4-3-7-11(12)13;1-3-7-11-9(5-1)13-10-6-2-4-8-12(10)14-11/h1-8H;1-8,13H. The molecule has 6 rings (SSSR count). The van der Waals surface area contributed by atoms with Gasteiger partial charge in [-0.1, -0.05) is 84.6 Å². The second-order valence-electron chi connectivity index (χ2n) is 6.97. The number of nitrogens with one attached hydrogen (secondary N) is 1. The fraction of sp³-hybridized carbons (Fsp3) is 0. The van der Waals surface area contributed by atoms with Crippen LogP contribution in [-0.2, 0) is 0 Å². The first-order valence-electron chi connectivity index (χ1n) is 9.63. The van der Waals surface area contributed by atoms with Crippen molar-refractivity contribution in [3.63, 3.8) is 0 Å². The Kier molecular flexibility index (Phi) is 4.69. The molecule has 0 radical (unpaired) electrons. The zero-order chi connectivity index (χ0) is 20.5. The fourth-order valence-electron chi connectivity index (χ4n) is 3.63. The molecule has 4 aromatic rings. The molecule has 0 unspecified atom stereocenters. The molecule has 1 aliphatic heterocycles. The number of hydrogen-bond acceptors (Lipinski definition) is 4. The minimum atomic E-state index is -0.0641. The van der Waals surface area contributed by atoms with E-state index in [1.54, 1.807) is 48.5 Å². The molecule has 1 heterocycles. The third-order valence-electron chi connectivity index (χ3n) is 5.10. The molecule has 30 heavy (non-hydrogen) atoms. The van der Waals surface area contributed by atoms with Crippen molar-refractivity contribution in [1.29, 1.82) is 0 Å². The van der Waals surface area contributed by atoms with Crippen molar-refractivity contribution in [1.82, 2.24) is 0 Å². The first-order chi connectivity index (χ1) is 14.7. The number of rotatable bonds is 0. The van der Waals surface area contributed by atoms with Crippen LogP contribution in [0.4, 0.5) is 11.4 Å². The quantitative estimate of drug-likeness (QED) is 0.318. The summed E-state index contributed by atoms with van der Waals surface area (Å²) in [5.41, 5.74) is 4.43. The van der Waals surface area contributed by atoms with Crippen LogP contribution in [0.5, 0.6) is 0 Å². The highest BCUT2D eigenvalue weighted by Crippen LogP contribution is 2.43. The van der Waals surface area contributed by atoms with Gasteiger partial charge < -0.3 is 5.32 Å². The van der Waals surface area contributed by atoms with Gasteiger partial charge in [0.05, 0.1) is 11.4 Å². The Morgan fingerprint density at radius 1 is 0.467 bits per heavy atom. The van der Waals surface area contributed by atoms with Gasteiger partial charge in [0.1, 0.15) is 0 Å². The zero-order valence-corrected chi connectivity index (χ0v) is 16.8. The lowest BCUT2D eigenvalue weighted by atomic mass is 9.84. The van der Waals surface area contributed by atoms with Gasteiger partial charge in [-0.2, -0.15) is 0 Å². The van der Waals surface area contributed by atoms with Crippen LogP contribution in [0.1, 0.15) is 31.8 Å². The molecule has 0 saturated carbocycles. The Bertz CT molecular complexity index is 1100. The Balaban J connectivity index is 0.000000130. The summed E-state index contributed by atoms with van der Waals surface area (Å²) in [6, 6.07) is 30.7. The normalized spacial score (nSPS) is 12.9. The number of carbonyl (C=O) groups is 2. The van der Waals surface area contributed by atoms with Gasteiger partial charge in [-0.05, 0) is 24.3 Å². The van der Waals surface area contributed by atoms with E-state index in [0.29, 0.717) is 22.3 Å². The maximum Gasteiger partial charge on any atom is 0.194 e. The predicted molar refractivity (Wildman–Crippen MR) is 120 cm³/mol. The van der Waals surface area contributed by atoms with Crippen LogP contribution in [0, 0.1) is 0 Å². The number of benzene rings is 4. The maximum atomic E-state index is 12.1. The molecular weight excluding hydrogens is 390 g/mol. The molecule has 0 spiro atoms. The van der Waals surface area contributed by atoms with E-state index in [2.05, 4.69) is 53.8 Å². The molecule has 4 heteroatoms. The van der Waals surface area contributed by atoms with E-state index in [9.17, 15) is 9.59 Å². The second kappa shape index (κ2) is 7.65. The Hall–Kier alpha value is -3.63. The van der Waals surface area contributed by atoms with Crippen LogP contribution in [0.25, 0.3) is 0 Å². The molecule has 1 aliphatic carbocycles. The summed E-state index contributed by atoms with van der Waals surface area (Å²) in [4.78, 5) is 26.8. The Morgan fingerprint density at radius 2 is 0.800 bits per heavy atom. The minimum absolute atomic E-state index is 0.0641. The third kappa shape index (κ3) is 3.21. The lowest BCUT2D eigenvalue weighted by Crippen LogP contribution is -2.20. The van der Waals surface area contributed by atoms with Crippen molar-refractivity contribution in [3.05, 3.63) is 119 Å². The summed E-state index contributed by atoms with van der Waals surface area (Å²) in [7, 11) is 0. The highest BCUT2D eigenvalue weighted by Gasteiger charge is 2.28. The molecule has 0 atom stereocenters. The molecule has 0 fully saturated rings. The molecule has 0 saturated heterocycles. The molecule has 0 aromatic heterocycles. The van der Waals surface area contributed by atoms with Crippen molar-refractivity contribution >= 4 is 34.7 Å². The van der Waals surface area contributed by atoms with Gasteiger partial charge in [0.15, 0.2) is 11.6 Å². The smallest absolute Gasteiger partial charge is 0.194 e. The topological polar surface area (TPSA) is 46.2 Å². The second-order valence-corrected chi connectivity index (χ2v) is 8.05. The lowest BCUT2D eigenvalue weighted by molar-refractivity contribution is 0.0979. The van der Waals surface area contributed by atoms with E-state index in [0.717, 1.165) is 0 Å². The molecule has 2 aliphatic rings. The number of carbonyl (C=O) groups excluding carboxylic acids is 2. The molecule has 4 aromatic carbocycles. The average molecular weight is 407 g/mol. The molecule has 0 amide bonds. The number of para-hydroxylation sites is 2. The van der Waals surface area contributed by atoms with Gasteiger partial charge in [0.25, 0.3) is 0 Å². The van der Waals surface area contributed by atoms with E-state index in [-0.39, 0.29) is 11.6 Å². The molecular formula is C26H17NO2S. The van der Waals surface area contributed by atoms with Gasteiger partial charge >= 0.3 is 0 Å². The minimum Gasteiger partial charge on any atom is -0.354 e. The molecule has 3 nitrogen and oxygen atoms in total. The number of anilines is 2. The summed E-state index contributed by atoms with van der Waals surface area (Å²) in [6.07, 6.45) is 0. The summed E-state index contributed by atoms with van der Waals surface area (Å²) in [5, 5.41) is 3.42. The zero-order valence-electron chi connectivity index (χ0n) is 16.0. The van der Waals surface area contributed by atoms with Gasteiger partial charge in [0, 0.05) is 32.0 Å². The summed E-state index contributed by atoms with van der Waals surface area (Å²) in [6.45, 7) is 0. The van der Waals surface area contributed by atoms with E-state index in [4.69, 9.17) is 0 Å². The number of ketones is 2. The Labute approximate surface area is 178 Å². The summed E-state index contributed by atoms with van der Waals surface area (Å²) in [5.74, 6) is -0.128. The van der Waals surface area contributed by atoms with Crippen LogP contribution >= 0.6 is 11.8 Å². The lowest BCUT2D eigenvalue weighted by Gasteiger charge is -2.19. The highest BCUT2D eigenvalue weighted by atomic mass is 32.2. The van der Waals surface area contributed by atoms with Gasteiger partial charge in [0.2, 0.25) is 0 Å². The van der Waals surface area contributed by atoms with Crippen LogP contribution in [0.3, 0.4) is 0 Å². The monoisotopic (exact) mass is 407 g/mol. The molecule has 0 bridgehead atoms. The van der Waals surface area contributed by atoms with E-state index < -0.39 is 0 Å². The highest BCUT2D eigenvalue weighted by molar-refractivity contribution is 7.99. The van der Waals surface area contributed by atoms with Crippen molar-refractivity contribution in [2.24, 2.45) is 0 Å². The summed E-state index contributed by atoms with van der Waals surface area (Å²) >= 11 is 1.82. The van der Waals surface area contributed by atoms with Crippen LogP contribution in [-0.4, -0.2) is 11.6 Å². The van der Waals surface area contributed by atoms with Crippen LogP contribution < -0.4 is 5.32 Å². The van der Waals surface area contributed by atoms with Crippen molar-refractivity contribution in [2.45, 2.75) is 9.79 Å².